The van der Waals surface area contributed by atoms with Gasteiger partial charge in [-0.1, -0.05) is 24.8 Å². The van der Waals surface area contributed by atoms with E-state index >= 15 is 4.39 Å². The van der Waals surface area contributed by atoms with Gasteiger partial charge in [-0.3, -0.25) is 4.90 Å². The van der Waals surface area contributed by atoms with Crippen LogP contribution in [0.5, 0.6) is 17.6 Å². The summed E-state index contributed by atoms with van der Waals surface area (Å²) in [6.45, 7) is 1.70. The Labute approximate surface area is 268 Å². The molecule has 1 unspecified atom stereocenters. The molecule has 240 valence electrons. The highest BCUT2D eigenvalue weighted by molar-refractivity contribution is 6.04. The Hall–Kier alpha value is -4.81. The van der Waals surface area contributed by atoms with Crippen molar-refractivity contribution in [2.75, 3.05) is 37.7 Å². The van der Waals surface area contributed by atoms with Crippen molar-refractivity contribution in [3.63, 3.8) is 0 Å². The number of fused-ring (bicyclic) bond motifs is 4. The number of rotatable bonds is 4. The average Bonchev–Trinajstić information content (AvgIpc) is 3.37. The molecule has 4 atom stereocenters. The number of nitriles is 1. The van der Waals surface area contributed by atoms with Gasteiger partial charge in [0.1, 0.15) is 53.4 Å². The van der Waals surface area contributed by atoms with Crippen LogP contribution in [0.1, 0.15) is 44.1 Å². The number of ether oxygens (including phenoxy) is 2. The molecule has 1 N–H and O–H groups in total. The zero-order valence-electron chi connectivity index (χ0n) is 25.5. The summed E-state index contributed by atoms with van der Waals surface area (Å²) in [5.74, 6) is 0.735. The first kappa shape index (κ1) is 29.6. The van der Waals surface area contributed by atoms with E-state index < -0.39 is 29.3 Å². The van der Waals surface area contributed by atoms with Gasteiger partial charge in [0.05, 0.1) is 29.1 Å². The summed E-state index contributed by atoms with van der Waals surface area (Å²) in [6, 6.07) is 7.52. The average molecular weight is 641 g/mol. The van der Waals surface area contributed by atoms with Gasteiger partial charge in [-0.05, 0) is 42.8 Å². The number of anilines is 1. The van der Waals surface area contributed by atoms with E-state index in [1.807, 2.05) is 4.90 Å². The van der Waals surface area contributed by atoms with Crippen molar-refractivity contribution in [3.8, 4) is 47.3 Å². The van der Waals surface area contributed by atoms with Crippen LogP contribution >= 0.6 is 0 Å². The Morgan fingerprint density at radius 3 is 2.81 bits per heavy atom. The molecule has 8 rings (SSSR count). The summed E-state index contributed by atoms with van der Waals surface area (Å²) >= 11 is 0. The van der Waals surface area contributed by atoms with Gasteiger partial charge < -0.3 is 19.5 Å². The lowest BCUT2D eigenvalue weighted by Gasteiger charge is -2.33. The molecule has 47 heavy (non-hydrogen) atoms. The Kier molecular flexibility index (Phi) is 7.03. The number of hydrogen-bond donors (Lipinski definition) is 1. The summed E-state index contributed by atoms with van der Waals surface area (Å²) in [5, 5.41) is 21.4. The highest BCUT2D eigenvalue weighted by Crippen LogP contribution is 2.46. The highest BCUT2D eigenvalue weighted by Gasteiger charge is 2.56. The molecule has 12 heteroatoms. The number of hydrogen-bond acceptors (Lipinski definition) is 9. The van der Waals surface area contributed by atoms with Crippen molar-refractivity contribution < 1.29 is 27.8 Å². The predicted molar refractivity (Wildman–Crippen MR) is 168 cm³/mol. The molecular formula is C35H31F3N6O3. The molecule has 0 bridgehead atoms. The fourth-order valence-electron chi connectivity index (χ4n) is 8.07. The molecule has 4 aliphatic rings. The van der Waals surface area contributed by atoms with Crippen molar-refractivity contribution in [1.82, 2.24) is 19.9 Å². The second-order valence-corrected chi connectivity index (χ2v) is 12.9. The van der Waals surface area contributed by atoms with Crippen LogP contribution < -0.4 is 14.4 Å². The molecule has 4 aromatic rings. The third-order valence-corrected chi connectivity index (χ3v) is 10.3. The van der Waals surface area contributed by atoms with Crippen LogP contribution in [0.25, 0.3) is 32.9 Å². The lowest BCUT2D eigenvalue weighted by molar-refractivity contribution is 0.0892. The maximum atomic E-state index is 17.0. The first-order valence-electron chi connectivity index (χ1n) is 16.0. The molecule has 0 aliphatic carbocycles. The number of halogens is 3. The monoisotopic (exact) mass is 640 g/mol. The van der Waals surface area contributed by atoms with Crippen molar-refractivity contribution in [2.24, 2.45) is 5.92 Å². The summed E-state index contributed by atoms with van der Waals surface area (Å²) in [4.78, 5) is 18.0. The van der Waals surface area contributed by atoms with Gasteiger partial charge >= 0.3 is 6.01 Å². The molecule has 0 radical (unpaired) electrons. The number of alkyl halides is 1. The van der Waals surface area contributed by atoms with Crippen LogP contribution in [0.15, 0.2) is 24.3 Å². The van der Waals surface area contributed by atoms with E-state index in [0.717, 1.165) is 25.7 Å². The molecule has 3 fully saturated rings. The molecule has 2 aromatic heterocycles. The van der Waals surface area contributed by atoms with Gasteiger partial charge in [0.2, 0.25) is 5.88 Å². The third kappa shape index (κ3) is 4.61. The maximum absolute atomic E-state index is 17.0. The van der Waals surface area contributed by atoms with E-state index in [4.69, 9.17) is 20.9 Å². The van der Waals surface area contributed by atoms with Crippen LogP contribution in [0.4, 0.5) is 19.0 Å². The van der Waals surface area contributed by atoms with Crippen LogP contribution in [-0.4, -0.2) is 75.6 Å². The Bertz CT molecular complexity index is 2030. The number of aromatic hydroxyl groups is 1. The van der Waals surface area contributed by atoms with E-state index in [2.05, 4.69) is 26.9 Å². The van der Waals surface area contributed by atoms with E-state index in [-0.39, 0.29) is 83.0 Å². The molecule has 0 spiro atoms. The first-order valence-corrected chi connectivity index (χ1v) is 16.0. The molecule has 2 aromatic carbocycles. The largest absolute Gasteiger partial charge is 0.508 e. The zero-order chi connectivity index (χ0) is 32.4. The second kappa shape index (κ2) is 11.2. The minimum absolute atomic E-state index is 0.0368. The van der Waals surface area contributed by atoms with E-state index in [9.17, 15) is 19.1 Å². The normalized spacial score (nSPS) is 25.4. The topological polar surface area (TPSA) is 108 Å². The first-order chi connectivity index (χ1) is 22.8. The smallest absolute Gasteiger partial charge is 0.319 e. The van der Waals surface area contributed by atoms with Gasteiger partial charge in [-0.25, -0.2) is 18.2 Å². The number of pyridine rings is 1. The summed E-state index contributed by atoms with van der Waals surface area (Å²) in [6.07, 6.45) is 9.11. The van der Waals surface area contributed by atoms with Crippen molar-refractivity contribution in [3.05, 3.63) is 41.5 Å². The minimum Gasteiger partial charge on any atom is -0.508 e. The molecule has 9 nitrogen and oxygen atoms in total. The minimum atomic E-state index is -1.09. The fraction of sp³-hybridized carbons (Fsp3) is 0.429. The molecule has 6 heterocycles. The van der Waals surface area contributed by atoms with Crippen molar-refractivity contribution in [2.45, 2.75) is 56.3 Å². The predicted octanol–water partition coefficient (Wildman–Crippen LogP) is 5.66. The van der Waals surface area contributed by atoms with Crippen molar-refractivity contribution >= 4 is 27.5 Å². The number of aromatic nitrogens is 3. The highest BCUT2D eigenvalue weighted by atomic mass is 19.1. The van der Waals surface area contributed by atoms with E-state index in [1.165, 1.54) is 24.3 Å². The van der Waals surface area contributed by atoms with Gasteiger partial charge in [-0.2, -0.15) is 15.2 Å². The number of benzene rings is 2. The van der Waals surface area contributed by atoms with Crippen molar-refractivity contribution in [1.29, 1.82) is 5.26 Å². The SMILES string of the molecule is C#Cc1c(F)ccc2cc(O)cc(-c3nc4c5c(nc(OCC67C[C@@H](F)CN6CC[C@@H]7C#N)nc5c3F)N3CCCCC[C@H]3CO4)c12. The van der Waals surface area contributed by atoms with Crippen LogP contribution in [0.3, 0.4) is 0 Å². The van der Waals surface area contributed by atoms with Gasteiger partial charge in [-0.15, -0.1) is 6.42 Å². The maximum Gasteiger partial charge on any atom is 0.319 e. The Morgan fingerprint density at radius 2 is 1.98 bits per heavy atom. The fourth-order valence-corrected chi connectivity index (χ4v) is 8.07. The third-order valence-electron chi connectivity index (χ3n) is 10.3. The molecule has 0 amide bonds. The lowest BCUT2D eigenvalue weighted by Crippen LogP contribution is -2.48. The molecule has 3 saturated heterocycles. The van der Waals surface area contributed by atoms with E-state index in [1.54, 1.807) is 0 Å². The lowest BCUT2D eigenvalue weighted by atomic mass is 9.84. The zero-order valence-corrected chi connectivity index (χ0v) is 25.5. The molecular weight excluding hydrogens is 609 g/mol. The number of phenolic OH excluding ortho intramolecular Hbond substituents is 1. The summed E-state index contributed by atoms with van der Waals surface area (Å²) in [7, 11) is 0. The number of nitrogens with zero attached hydrogens (tertiary/aromatic N) is 6. The summed E-state index contributed by atoms with van der Waals surface area (Å²) in [5.41, 5.74) is -1.22. The number of phenols is 1. The summed E-state index contributed by atoms with van der Waals surface area (Å²) < 4.78 is 59.1. The van der Waals surface area contributed by atoms with Gasteiger partial charge in [0, 0.05) is 37.0 Å². The Morgan fingerprint density at radius 1 is 1.11 bits per heavy atom. The van der Waals surface area contributed by atoms with Crippen LogP contribution in [-0.2, 0) is 0 Å². The quantitative estimate of drug-likeness (QED) is 0.283. The standard InChI is InChI=1S/C35H31F3N6O3/c1-2-24-26(37)8-7-19-12-23(45)13-25(27(19)24)30-29(38)31-28-32(44-10-5-3-4-6-22(44)17-46-33(28)40-30)42-34(41-31)47-18-35-14-21(36)16-43(35)11-9-20(35)15-39/h1,7-8,12-13,20-22,45H,3-6,9-11,14,16-18H2/t20-,21-,22+,35?/m1/s1. The second-order valence-electron chi connectivity index (χ2n) is 12.9. The van der Waals surface area contributed by atoms with Crippen LogP contribution in [0, 0.1) is 41.2 Å². The van der Waals surface area contributed by atoms with Crippen LogP contribution in [0.2, 0.25) is 0 Å². The van der Waals surface area contributed by atoms with Gasteiger partial charge in [0.25, 0.3) is 0 Å². The molecule has 0 saturated carbocycles. The van der Waals surface area contributed by atoms with E-state index in [0.29, 0.717) is 30.7 Å². The number of terminal acetylenes is 1. The van der Waals surface area contributed by atoms with Gasteiger partial charge in [0.15, 0.2) is 5.82 Å². The Balaban J connectivity index is 1.33. The molecule has 4 aliphatic heterocycles.